The predicted octanol–water partition coefficient (Wildman–Crippen LogP) is 4.68. The predicted molar refractivity (Wildman–Crippen MR) is 107 cm³/mol. The van der Waals surface area contributed by atoms with E-state index in [9.17, 15) is 9.18 Å². The first kappa shape index (κ1) is 18.6. The van der Waals surface area contributed by atoms with E-state index in [0.717, 1.165) is 14.6 Å². The molecule has 0 fully saturated rings. The number of amides is 1. The molecule has 1 amide bonds. The van der Waals surface area contributed by atoms with Crippen LogP contribution >= 0.6 is 23.1 Å². The smallest absolute Gasteiger partial charge is 0.227 e. The number of aryl methyl sites for hydroxylation is 1. The Bertz CT molecular complexity index is 1060. The zero-order valence-corrected chi connectivity index (χ0v) is 16.2. The van der Waals surface area contributed by atoms with Gasteiger partial charge in [-0.1, -0.05) is 29.1 Å². The molecule has 2 aromatic carbocycles. The van der Waals surface area contributed by atoms with Crippen LogP contribution in [0.2, 0.25) is 0 Å². The second-order valence-electron chi connectivity index (χ2n) is 5.90. The van der Waals surface area contributed by atoms with Crippen LogP contribution in [0.15, 0.2) is 57.4 Å². The van der Waals surface area contributed by atoms with Crippen molar-refractivity contribution in [2.24, 2.45) is 0 Å². The number of fused-ring (bicyclic) bond motifs is 1. The average molecular weight is 414 g/mol. The molecule has 28 heavy (non-hydrogen) atoms. The molecular weight excluding hydrogens is 399 g/mol. The van der Waals surface area contributed by atoms with E-state index in [4.69, 9.17) is 4.52 Å². The Morgan fingerprint density at radius 2 is 1.96 bits per heavy atom. The van der Waals surface area contributed by atoms with Crippen molar-refractivity contribution < 1.29 is 13.7 Å². The number of halogens is 1. The number of nitrogens with zero attached hydrogens (tertiary/aromatic N) is 3. The second kappa shape index (κ2) is 8.49. The number of hydrogen-bond donors (Lipinski definition) is 1. The Morgan fingerprint density at radius 3 is 2.79 bits per heavy atom. The second-order valence-corrected chi connectivity index (χ2v) is 8.15. The van der Waals surface area contributed by atoms with Crippen LogP contribution in [0.1, 0.15) is 18.1 Å². The Balaban J connectivity index is 1.26. The zero-order chi connectivity index (χ0) is 19.3. The molecule has 4 aromatic rings. The summed E-state index contributed by atoms with van der Waals surface area (Å²) in [6.07, 6.45) is 0.538. The summed E-state index contributed by atoms with van der Waals surface area (Å²) in [6.45, 7) is 0. The molecule has 0 aliphatic heterocycles. The van der Waals surface area contributed by atoms with Crippen molar-refractivity contribution in [2.45, 2.75) is 22.9 Å². The van der Waals surface area contributed by atoms with E-state index in [1.807, 2.05) is 24.3 Å². The van der Waals surface area contributed by atoms with Crippen LogP contribution in [0.4, 0.5) is 10.1 Å². The lowest BCUT2D eigenvalue weighted by atomic mass is 10.2. The highest BCUT2D eigenvalue weighted by Gasteiger charge is 2.11. The number of nitrogens with one attached hydrogen (secondary N) is 1. The molecule has 9 heteroatoms. The maximum Gasteiger partial charge on any atom is 0.227 e. The van der Waals surface area contributed by atoms with Crippen molar-refractivity contribution in [3.05, 3.63) is 66.1 Å². The van der Waals surface area contributed by atoms with Gasteiger partial charge in [-0.05, 0) is 36.4 Å². The normalized spacial score (nSPS) is 11.0. The molecule has 0 atom stereocenters. The lowest BCUT2D eigenvalue weighted by Crippen LogP contribution is -2.12. The van der Waals surface area contributed by atoms with Crippen molar-refractivity contribution in [3.8, 4) is 0 Å². The van der Waals surface area contributed by atoms with Gasteiger partial charge in [0.25, 0.3) is 0 Å². The number of anilines is 1. The minimum atomic E-state index is -0.347. The van der Waals surface area contributed by atoms with Gasteiger partial charge in [0.2, 0.25) is 11.8 Å². The molecule has 2 heterocycles. The molecule has 2 aromatic heterocycles. The first-order chi connectivity index (χ1) is 13.7. The van der Waals surface area contributed by atoms with E-state index >= 15 is 0 Å². The largest absolute Gasteiger partial charge is 0.339 e. The van der Waals surface area contributed by atoms with Gasteiger partial charge in [0, 0.05) is 18.5 Å². The number of para-hydroxylation sites is 1. The van der Waals surface area contributed by atoms with Crippen molar-refractivity contribution in [1.82, 2.24) is 15.1 Å². The first-order valence-electron chi connectivity index (χ1n) is 8.51. The summed E-state index contributed by atoms with van der Waals surface area (Å²) >= 11 is 3.18. The third-order valence-electron chi connectivity index (χ3n) is 3.80. The van der Waals surface area contributed by atoms with Crippen molar-refractivity contribution in [3.63, 3.8) is 0 Å². The lowest BCUT2D eigenvalue weighted by molar-refractivity contribution is -0.116. The van der Waals surface area contributed by atoms with Crippen LogP contribution in [0.3, 0.4) is 0 Å². The number of hydrogen-bond acceptors (Lipinski definition) is 7. The number of aromatic nitrogens is 3. The topological polar surface area (TPSA) is 80.9 Å². The minimum absolute atomic E-state index is 0.198. The summed E-state index contributed by atoms with van der Waals surface area (Å²) in [5, 5.41) is 6.65. The molecule has 1 N–H and O–H groups in total. The molecule has 0 aliphatic carbocycles. The molecule has 0 spiro atoms. The number of carbonyl (C=O) groups is 1. The van der Waals surface area contributed by atoms with Gasteiger partial charge in [0.1, 0.15) is 5.82 Å². The van der Waals surface area contributed by atoms with Gasteiger partial charge in [-0.15, -0.1) is 11.3 Å². The van der Waals surface area contributed by atoms with Crippen LogP contribution in [-0.2, 0) is 17.0 Å². The summed E-state index contributed by atoms with van der Waals surface area (Å²) in [5.41, 5.74) is 1.53. The first-order valence-corrected chi connectivity index (χ1v) is 10.3. The quantitative estimate of drug-likeness (QED) is 0.442. The zero-order valence-electron chi connectivity index (χ0n) is 14.6. The maximum atomic E-state index is 12.9. The van der Waals surface area contributed by atoms with Gasteiger partial charge in [0.05, 0.1) is 16.0 Å². The van der Waals surface area contributed by atoms with Gasteiger partial charge in [-0.3, -0.25) is 4.79 Å². The Labute approximate surface area is 168 Å². The standard InChI is InChI=1S/C19H15FN4O2S2/c20-12-5-7-13(8-6-12)21-17(25)9-10-18-23-16(24-26-18)11-27-19-22-14-3-1-2-4-15(14)28-19/h1-8H,9-11H2,(H,21,25). The SMILES string of the molecule is O=C(CCc1nc(CSc2nc3ccccc3s2)no1)Nc1ccc(F)cc1. The fraction of sp³-hybridized carbons (Fsp3) is 0.158. The van der Waals surface area contributed by atoms with Gasteiger partial charge < -0.3 is 9.84 Å². The molecule has 0 aliphatic rings. The Kier molecular flexibility index (Phi) is 5.63. The van der Waals surface area contributed by atoms with E-state index in [1.54, 1.807) is 23.1 Å². The Hall–Kier alpha value is -2.78. The lowest BCUT2D eigenvalue weighted by Gasteiger charge is -2.03. The minimum Gasteiger partial charge on any atom is -0.339 e. The van der Waals surface area contributed by atoms with E-state index in [2.05, 4.69) is 20.4 Å². The molecule has 142 valence electrons. The third-order valence-corrected chi connectivity index (χ3v) is 5.98. The molecule has 4 rings (SSSR count). The maximum absolute atomic E-state index is 12.9. The molecule has 0 unspecified atom stereocenters. The highest BCUT2D eigenvalue weighted by Crippen LogP contribution is 2.30. The molecular formula is C19H15FN4O2S2. The average Bonchev–Trinajstić information content (AvgIpc) is 3.33. The third kappa shape index (κ3) is 4.73. The van der Waals surface area contributed by atoms with Crippen molar-refractivity contribution in [1.29, 1.82) is 0 Å². The van der Waals surface area contributed by atoms with Crippen LogP contribution in [0.25, 0.3) is 10.2 Å². The van der Waals surface area contributed by atoms with Crippen LogP contribution < -0.4 is 5.32 Å². The fourth-order valence-electron chi connectivity index (χ4n) is 2.47. The number of thioether (sulfide) groups is 1. The molecule has 6 nitrogen and oxygen atoms in total. The summed E-state index contributed by atoms with van der Waals surface area (Å²) in [4.78, 5) is 20.8. The summed E-state index contributed by atoms with van der Waals surface area (Å²) in [7, 11) is 0. The molecule has 0 saturated carbocycles. The monoisotopic (exact) mass is 414 g/mol. The van der Waals surface area contributed by atoms with Gasteiger partial charge >= 0.3 is 0 Å². The summed E-state index contributed by atoms with van der Waals surface area (Å²) in [5.74, 6) is 0.980. The summed E-state index contributed by atoms with van der Waals surface area (Å²) in [6, 6.07) is 13.6. The number of carbonyl (C=O) groups excluding carboxylic acids is 1. The van der Waals surface area contributed by atoms with E-state index in [0.29, 0.717) is 29.6 Å². The number of benzene rings is 2. The molecule has 0 saturated heterocycles. The van der Waals surface area contributed by atoms with E-state index in [-0.39, 0.29) is 18.1 Å². The van der Waals surface area contributed by atoms with Crippen LogP contribution in [0.5, 0.6) is 0 Å². The summed E-state index contributed by atoms with van der Waals surface area (Å²) < 4.78 is 20.2. The number of rotatable bonds is 7. The van der Waals surface area contributed by atoms with Crippen molar-refractivity contribution >= 4 is 44.9 Å². The molecule has 0 bridgehead atoms. The highest BCUT2D eigenvalue weighted by molar-refractivity contribution is 8.00. The van der Waals surface area contributed by atoms with Gasteiger partial charge in [-0.25, -0.2) is 9.37 Å². The Morgan fingerprint density at radius 1 is 1.14 bits per heavy atom. The van der Waals surface area contributed by atoms with E-state index in [1.165, 1.54) is 24.3 Å². The molecule has 0 radical (unpaired) electrons. The van der Waals surface area contributed by atoms with Crippen molar-refractivity contribution in [2.75, 3.05) is 5.32 Å². The van der Waals surface area contributed by atoms with E-state index < -0.39 is 0 Å². The number of thiazole rings is 1. The van der Waals surface area contributed by atoms with Gasteiger partial charge in [-0.2, -0.15) is 4.98 Å². The van der Waals surface area contributed by atoms with Crippen LogP contribution in [-0.4, -0.2) is 21.0 Å². The highest BCUT2D eigenvalue weighted by atomic mass is 32.2. The van der Waals surface area contributed by atoms with Gasteiger partial charge in [0.15, 0.2) is 10.2 Å². The van der Waals surface area contributed by atoms with Crippen LogP contribution in [0, 0.1) is 5.82 Å². The fourth-order valence-corrected chi connectivity index (χ4v) is 4.38.